The number of para-hydroxylation sites is 1. The van der Waals surface area contributed by atoms with E-state index in [2.05, 4.69) is 20.8 Å². The summed E-state index contributed by atoms with van der Waals surface area (Å²) in [4.78, 5) is 16.0. The minimum atomic E-state index is -0.292. The zero-order valence-electron chi connectivity index (χ0n) is 11.6. The number of anilines is 1. The largest absolute Gasteiger partial charge is 0.339 e. The fourth-order valence-electron chi connectivity index (χ4n) is 1.70. The van der Waals surface area contributed by atoms with E-state index in [1.807, 2.05) is 37.3 Å². The molecule has 1 amide bonds. The summed E-state index contributed by atoms with van der Waals surface area (Å²) < 4.78 is 5.00. The maximum atomic E-state index is 11.9. The molecule has 0 spiro atoms. The van der Waals surface area contributed by atoms with E-state index in [0.29, 0.717) is 24.7 Å². The summed E-state index contributed by atoms with van der Waals surface area (Å²) in [7, 11) is 0. The van der Waals surface area contributed by atoms with Gasteiger partial charge in [-0.15, -0.1) is 0 Å². The lowest BCUT2D eigenvalue weighted by molar-refractivity contribution is -0.117. The van der Waals surface area contributed by atoms with Gasteiger partial charge in [-0.3, -0.25) is 4.79 Å². The standard InChI is InChI=1S/C14H18N4O2/c1-10(14(19)17-12-6-4-3-5-7-12)15-9-8-13-16-11(2)18-20-13/h3-7,10,15H,8-9H2,1-2H3,(H,17,19). The Morgan fingerprint density at radius 2 is 2.10 bits per heavy atom. The Labute approximate surface area is 117 Å². The minimum Gasteiger partial charge on any atom is -0.339 e. The van der Waals surface area contributed by atoms with Crippen molar-refractivity contribution in [1.29, 1.82) is 0 Å². The van der Waals surface area contributed by atoms with Crippen molar-refractivity contribution in [2.45, 2.75) is 26.3 Å². The van der Waals surface area contributed by atoms with Gasteiger partial charge >= 0.3 is 0 Å². The average molecular weight is 274 g/mol. The molecule has 1 unspecified atom stereocenters. The fourth-order valence-corrected chi connectivity index (χ4v) is 1.70. The second-order valence-corrected chi connectivity index (χ2v) is 4.52. The Kier molecular flexibility index (Phi) is 4.84. The van der Waals surface area contributed by atoms with Crippen LogP contribution in [0, 0.1) is 6.92 Å². The Balaban J connectivity index is 1.74. The van der Waals surface area contributed by atoms with Crippen molar-refractivity contribution in [2.75, 3.05) is 11.9 Å². The Morgan fingerprint density at radius 3 is 2.75 bits per heavy atom. The maximum Gasteiger partial charge on any atom is 0.241 e. The van der Waals surface area contributed by atoms with Crippen LogP contribution < -0.4 is 10.6 Å². The Hall–Kier alpha value is -2.21. The number of carbonyl (C=O) groups is 1. The number of nitrogens with zero attached hydrogens (tertiary/aromatic N) is 2. The van der Waals surface area contributed by atoms with Gasteiger partial charge in [0.2, 0.25) is 11.8 Å². The van der Waals surface area contributed by atoms with Gasteiger partial charge in [0.25, 0.3) is 0 Å². The van der Waals surface area contributed by atoms with Crippen molar-refractivity contribution in [2.24, 2.45) is 0 Å². The van der Waals surface area contributed by atoms with Gasteiger partial charge in [0.15, 0.2) is 5.82 Å². The zero-order valence-corrected chi connectivity index (χ0v) is 11.6. The molecule has 1 heterocycles. The summed E-state index contributed by atoms with van der Waals surface area (Å²) in [6, 6.07) is 9.08. The lowest BCUT2D eigenvalue weighted by Crippen LogP contribution is -2.39. The molecule has 0 aliphatic heterocycles. The fraction of sp³-hybridized carbons (Fsp3) is 0.357. The molecule has 2 rings (SSSR count). The van der Waals surface area contributed by atoms with E-state index in [-0.39, 0.29) is 11.9 Å². The molecule has 106 valence electrons. The first-order valence-electron chi connectivity index (χ1n) is 6.53. The Morgan fingerprint density at radius 1 is 1.35 bits per heavy atom. The van der Waals surface area contributed by atoms with Gasteiger partial charge in [-0.05, 0) is 26.0 Å². The molecule has 20 heavy (non-hydrogen) atoms. The third kappa shape index (κ3) is 4.17. The van der Waals surface area contributed by atoms with Gasteiger partial charge in [-0.25, -0.2) is 0 Å². The third-order valence-electron chi connectivity index (χ3n) is 2.79. The molecule has 6 nitrogen and oxygen atoms in total. The molecule has 6 heteroatoms. The highest BCUT2D eigenvalue weighted by Gasteiger charge is 2.12. The van der Waals surface area contributed by atoms with Gasteiger partial charge < -0.3 is 15.2 Å². The van der Waals surface area contributed by atoms with Crippen LogP contribution in [0.4, 0.5) is 5.69 Å². The molecule has 0 fully saturated rings. The van der Waals surface area contributed by atoms with Crippen molar-refractivity contribution in [3.8, 4) is 0 Å². The van der Waals surface area contributed by atoms with Crippen LogP contribution in [0.25, 0.3) is 0 Å². The van der Waals surface area contributed by atoms with E-state index in [1.165, 1.54) is 0 Å². The maximum absolute atomic E-state index is 11.9. The summed E-state index contributed by atoms with van der Waals surface area (Å²) in [5.41, 5.74) is 0.790. The van der Waals surface area contributed by atoms with E-state index in [9.17, 15) is 4.79 Å². The summed E-state index contributed by atoms with van der Waals surface area (Å²) in [6.07, 6.45) is 0.601. The zero-order chi connectivity index (χ0) is 14.4. The van der Waals surface area contributed by atoms with E-state index >= 15 is 0 Å². The first-order valence-corrected chi connectivity index (χ1v) is 6.53. The predicted molar refractivity (Wildman–Crippen MR) is 75.3 cm³/mol. The number of carbonyl (C=O) groups excluding carboxylic acids is 1. The molecule has 0 aliphatic carbocycles. The van der Waals surface area contributed by atoms with E-state index < -0.39 is 0 Å². The first kappa shape index (κ1) is 14.2. The lowest BCUT2D eigenvalue weighted by atomic mass is 10.2. The Bertz CT molecular complexity index is 553. The summed E-state index contributed by atoms with van der Waals surface area (Å²) >= 11 is 0. The molecule has 0 saturated heterocycles. The van der Waals surface area contributed by atoms with Crippen LogP contribution in [-0.4, -0.2) is 28.6 Å². The van der Waals surface area contributed by atoms with Crippen molar-refractivity contribution in [3.63, 3.8) is 0 Å². The van der Waals surface area contributed by atoms with Crippen LogP contribution >= 0.6 is 0 Å². The molecule has 2 N–H and O–H groups in total. The number of aromatic nitrogens is 2. The van der Waals surface area contributed by atoms with Crippen molar-refractivity contribution in [1.82, 2.24) is 15.5 Å². The number of aryl methyl sites for hydroxylation is 1. The van der Waals surface area contributed by atoms with Gasteiger partial charge in [-0.1, -0.05) is 23.4 Å². The number of rotatable bonds is 6. The van der Waals surface area contributed by atoms with Gasteiger partial charge in [0.1, 0.15) is 0 Å². The topological polar surface area (TPSA) is 80.0 Å². The third-order valence-corrected chi connectivity index (χ3v) is 2.79. The number of amides is 1. The van der Waals surface area contributed by atoms with E-state index in [1.54, 1.807) is 6.92 Å². The van der Waals surface area contributed by atoms with Crippen LogP contribution in [0.15, 0.2) is 34.9 Å². The molecular formula is C14H18N4O2. The van der Waals surface area contributed by atoms with Gasteiger partial charge in [0, 0.05) is 18.7 Å². The number of benzene rings is 1. The summed E-state index contributed by atoms with van der Waals surface area (Å²) in [5, 5.41) is 9.67. The second kappa shape index (κ2) is 6.81. The number of hydrogen-bond donors (Lipinski definition) is 2. The van der Waals surface area contributed by atoms with Crippen LogP contribution in [0.3, 0.4) is 0 Å². The highest BCUT2D eigenvalue weighted by atomic mass is 16.5. The second-order valence-electron chi connectivity index (χ2n) is 4.52. The van der Waals surface area contributed by atoms with Gasteiger partial charge in [-0.2, -0.15) is 4.98 Å². The summed E-state index contributed by atoms with van der Waals surface area (Å²) in [5.74, 6) is 1.12. The van der Waals surface area contributed by atoms with Crippen LogP contribution in [0.1, 0.15) is 18.6 Å². The number of nitrogens with one attached hydrogen (secondary N) is 2. The SMILES string of the molecule is Cc1noc(CCNC(C)C(=O)Nc2ccccc2)n1. The molecule has 0 aliphatic rings. The van der Waals surface area contributed by atoms with Crippen molar-refractivity contribution in [3.05, 3.63) is 42.0 Å². The lowest BCUT2D eigenvalue weighted by Gasteiger charge is -2.13. The molecule has 1 atom stereocenters. The molecule has 0 radical (unpaired) electrons. The van der Waals surface area contributed by atoms with Gasteiger partial charge in [0.05, 0.1) is 6.04 Å². The minimum absolute atomic E-state index is 0.0714. The monoisotopic (exact) mass is 274 g/mol. The normalized spacial score (nSPS) is 12.1. The van der Waals surface area contributed by atoms with Crippen molar-refractivity contribution < 1.29 is 9.32 Å². The highest BCUT2D eigenvalue weighted by Crippen LogP contribution is 2.05. The van der Waals surface area contributed by atoms with Crippen LogP contribution in [0.2, 0.25) is 0 Å². The highest BCUT2D eigenvalue weighted by molar-refractivity contribution is 5.94. The first-order chi connectivity index (χ1) is 9.65. The smallest absolute Gasteiger partial charge is 0.241 e. The molecule has 0 saturated carbocycles. The molecule has 0 bridgehead atoms. The average Bonchev–Trinajstić information content (AvgIpc) is 2.85. The molecule has 1 aromatic heterocycles. The summed E-state index contributed by atoms with van der Waals surface area (Å²) in [6.45, 7) is 4.19. The van der Waals surface area contributed by atoms with Crippen LogP contribution in [0.5, 0.6) is 0 Å². The quantitative estimate of drug-likeness (QED) is 0.835. The van der Waals surface area contributed by atoms with E-state index in [4.69, 9.17) is 4.52 Å². The number of hydrogen-bond acceptors (Lipinski definition) is 5. The molecule has 2 aromatic rings. The molecular weight excluding hydrogens is 256 g/mol. The van der Waals surface area contributed by atoms with Crippen molar-refractivity contribution >= 4 is 11.6 Å². The van der Waals surface area contributed by atoms with Crippen LogP contribution in [-0.2, 0) is 11.2 Å². The predicted octanol–water partition coefficient (Wildman–Crippen LogP) is 1.54. The molecule has 1 aromatic carbocycles. The van der Waals surface area contributed by atoms with E-state index in [0.717, 1.165) is 5.69 Å².